The summed E-state index contributed by atoms with van der Waals surface area (Å²) in [5.41, 5.74) is 2.72. The normalized spacial score (nSPS) is 14.0. The van der Waals surface area contributed by atoms with Crippen LogP contribution in [0.15, 0.2) is 53.3 Å². The number of amides is 2. The van der Waals surface area contributed by atoms with Crippen LogP contribution in [0, 0.1) is 0 Å². The first kappa shape index (κ1) is 20.7. The van der Waals surface area contributed by atoms with Gasteiger partial charge in [0, 0.05) is 62.5 Å². The van der Waals surface area contributed by atoms with E-state index in [1.54, 1.807) is 29.4 Å². The van der Waals surface area contributed by atoms with Gasteiger partial charge in [-0.2, -0.15) is 4.98 Å². The van der Waals surface area contributed by atoms with Crippen LogP contribution in [0.3, 0.4) is 0 Å². The Balaban J connectivity index is 1.25. The van der Waals surface area contributed by atoms with Crippen molar-refractivity contribution in [3.05, 3.63) is 65.8 Å². The maximum Gasteiger partial charge on any atom is 0.253 e. The minimum absolute atomic E-state index is 0.0178. The van der Waals surface area contributed by atoms with Gasteiger partial charge in [-0.15, -0.1) is 0 Å². The van der Waals surface area contributed by atoms with Crippen LogP contribution >= 0.6 is 0 Å². The van der Waals surface area contributed by atoms with Crippen LogP contribution in [0.5, 0.6) is 0 Å². The fourth-order valence-electron chi connectivity index (χ4n) is 3.57. The van der Waals surface area contributed by atoms with E-state index in [9.17, 15) is 9.59 Å². The Hall–Kier alpha value is -3.55. The van der Waals surface area contributed by atoms with Gasteiger partial charge in [-0.25, -0.2) is 0 Å². The molecule has 1 aliphatic rings. The number of hydrogen-bond donors (Lipinski definition) is 0. The van der Waals surface area contributed by atoms with Crippen molar-refractivity contribution < 1.29 is 14.1 Å². The Morgan fingerprint density at radius 3 is 2.32 bits per heavy atom. The first-order chi connectivity index (χ1) is 15.1. The lowest BCUT2D eigenvalue weighted by Crippen LogP contribution is -2.50. The summed E-state index contributed by atoms with van der Waals surface area (Å²) < 4.78 is 5.27. The van der Waals surface area contributed by atoms with Crippen molar-refractivity contribution in [1.29, 1.82) is 0 Å². The third kappa shape index (κ3) is 4.96. The Morgan fingerprint density at radius 1 is 0.968 bits per heavy atom. The predicted molar refractivity (Wildman–Crippen MR) is 114 cm³/mol. The molecule has 1 fully saturated rings. The summed E-state index contributed by atoms with van der Waals surface area (Å²) >= 11 is 0. The fourth-order valence-corrected chi connectivity index (χ4v) is 3.57. The molecule has 0 atom stereocenters. The van der Waals surface area contributed by atoms with E-state index in [2.05, 4.69) is 22.0 Å². The molecule has 2 amide bonds. The molecule has 1 aromatic carbocycles. The molecule has 4 rings (SSSR count). The molecule has 3 aromatic rings. The van der Waals surface area contributed by atoms with Gasteiger partial charge < -0.3 is 14.3 Å². The van der Waals surface area contributed by atoms with Crippen LogP contribution in [-0.2, 0) is 17.6 Å². The van der Waals surface area contributed by atoms with E-state index in [1.807, 2.05) is 29.2 Å². The van der Waals surface area contributed by atoms with Crippen LogP contribution < -0.4 is 0 Å². The number of aromatic nitrogens is 3. The average Bonchev–Trinajstić information content (AvgIpc) is 3.32. The van der Waals surface area contributed by atoms with E-state index in [1.165, 1.54) is 5.56 Å². The van der Waals surface area contributed by atoms with Crippen molar-refractivity contribution in [2.45, 2.75) is 26.2 Å². The number of benzene rings is 1. The second-order valence-corrected chi connectivity index (χ2v) is 7.47. The molecule has 0 N–H and O–H groups in total. The second-order valence-electron chi connectivity index (χ2n) is 7.47. The molecule has 0 aliphatic carbocycles. The number of pyridine rings is 1. The van der Waals surface area contributed by atoms with Crippen molar-refractivity contribution in [3.63, 3.8) is 0 Å². The highest BCUT2D eigenvalue weighted by molar-refractivity contribution is 5.94. The number of nitrogens with zero attached hydrogens (tertiary/aromatic N) is 5. The summed E-state index contributed by atoms with van der Waals surface area (Å²) in [6.45, 7) is 4.22. The van der Waals surface area contributed by atoms with Gasteiger partial charge in [-0.05, 0) is 36.2 Å². The number of hydrogen-bond acceptors (Lipinski definition) is 6. The molecule has 0 spiro atoms. The predicted octanol–water partition coefficient (Wildman–Crippen LogP) is 2.61. The number of carbonyl (C=O) groups excluding carboxylic acids is 2. The van der Waals surface area contributed by atoms with E-state index in [-0.39, 0.29) is 11.8 Å². The van der Waals surface area contributed by atoms with E-state index in [0.717, 1.165) is 12.0 Å². The van der Waals surface area contributed by atoms with Crippen molar-refractivity contribution in [2.24, 2.45) is 0 Å². The Labute approximate surface area is 180 Å². The number of aryl methyl sites for hydroxylation is 2. The number of rotatable bonds is 6. The largest absolute Gasteiger partial charge is 0.339 e. The van der Waals surface area contributed by atoms with Gasteiger partial charge in [0.15, 0.2) is 0 Å². The third-order valence-corrected chi connectivity index (χ3v) is 5.49. The first-order valence-corrected chi connectivity index (χ1v) is 10.5. The van der Waals surface area contributed by atoms with E-state index < -0.39 is 0 Å². The fraction of sp³-hybridized carbons (Fsp3) is 0.348. The molecule has 0 unspecified atom stereocenters. The maximum atomic E-state index is 12.7. The topological polar surface area (TPSA) is 92.4 Å². The smallest absolute Gasteiger partial charge is 0.253 e. The van der Waals surface area contributed by atoms with Crippen LogP contribution in [0.2, 0.25) is 0 Å². The SMILES string of the molecule is CCc1ccc(C(=O)N2CCN(C(=O)CCc3nc(-c4ccncc4)no3)CC2)cc1. The first-order valence-electron chi connectivity index (χ1n) is 10.5. The highest BCUT2D eigenvalue weighted by Crippen LogP contribution is 2.16. The molecule has 1 saturated heterocycles. The summed E-state index contributed by atoms with van der Waals surface area (Å²) in [6.07, 6.45) is 4.97. The van der Waals surface area contributed by atoms with Crippen molar-refractivity contribution in [1.82, 2.24) is 24.9 Å². The maximum absolute atomic E-state index is 12.7. The van der Waals surface area contributed by atoms with Gasteiger partial charge in [0.05, 0.1) is 0 Å². The van der Waals surface area contributed by atoms with E-state index >= 15 is 0 Å². The molecule has 2 aromatic heterocycles. The molecular weight excluding hydrogens is 394 g/mol. The van der Waals surface area contributed by atoms with E-state index in [4.69, 9.17) is 4.52 Å². The zero-order valence-corrected chi connectivity index (χ0v) is 17.5. The van der Waals surface area contributed by atoms with Crippen molar-refractivity contribution in [2.75, 3.05) is 26.2 Å². The van der Waals surface area contributed by atoms with Crippen LogP contribution in [0.25, 0.3) is 11.4 Å². The molecule has 8 heteroatoms. The average molecular weight is 419 g/mol. The lowest BCUT2D eigenvalue weighted by atomic mass is 10.1. The quantitative estimate of drug-likeness (QED) is 0.610. The Bertz CT molecular complexity index is 1020. The highest BCUT2D eigenvalue weighted by atomic mass is 16.5. The summed E-state index contributed by atoms with van der Waals surface area (Å²) in [5.74, 6) is 0.973. The molecule has 160 valence electrons. The molecule has 0 bridgehead atoms. The minimum Gasteiger partial charge on any atom is -0.339 e. The summed E-state index contributed by atoms with van der Waals surface area (Å²) in [6, 6.07) is 11.3. The highest BCUT2D eigenvalue weighted by Gasteiger charge is 2.25. The molecule has 31 heavy (non-hydrogen) atoms. The molecule has 8 nitrogen and oxygen atoms in total. The van der Waals surface area contributed by atoms with Crippen LogP contribution in [-0.4, -0.2) is 62.9 Å². The summed E-state index contributed by atoms with van der Waals surface area (Å²) in [4.78, 5) is 37.2. The third-order valence-electron chi connectivity index (χ3n) is 5.49. The Morgan fingerprint density at radius 2 is 1.65 bits per heavy atom. The van der Waals surface area contributed by atoms with Gasteiger partial charge >= 0.3 is 0 Å². The molecular formula is C23H25N5O3. The second kappa shape index (κ2) is 9.51. The van der Waals surface area contributed by atoms with Crippen molar-refractivity contribution >= 4 is 11.8 Å². The lowest BCUT2D eigenvalue weighted by Gasteiger charge is -2.34. The molecule has 0 radical (unpaired) electrons. The van der Waals surface area contributed by atoms with Crippen LogP contribution in [0.1, 0.15) is 35.2 Å². The minimum atomic E-state index is 0.0178. The van der Waals surface area contributed by atoms with Crippen molar-refractivity contribution in [3.8, 4) is 11.4 Å². The summed E-state index contributed by atoms with van der Waals surface area (Å²) in [7, 11) is 0. The van der Waals surface area contributed by atoms with Gasteiger partial charge in [-0.3, -0.25) is 14.6 Å². The van der Waals surface area contributed by atoms with Gasteiger partial charge in [0.1, 0.15) is 0 Å². The number of carbonyl (C=O) groups is 2. The zero-order chi connectivity index (χ0) is 21.6. The zero-order valence-electron chi connectivity index (χ0n) is 17.5. The van der Waals surface area contributed by atoms with Gasteiger partial charge in [0.25, 0.3) is 5.91 Å². The van der Waals surface area contributed by atoms with E-state index in [0.29, 0.717) is 56.3 Å². The lowest BCUT2D eigenvalue weighted by molar-refractivity contribution is -0.132. The monoisotopic (exact) mass is 419 g/mol. The summed E-state index contributed by atoms with van der Waals surface area (Å²) in [5, 5.41) is 3.96. The molecule has 3 heterocycles. The standard InChI is InChI=1S/C23H25N5O3/c1-2-17-3-5-19(6-4-17)23(30)28-15-13-27(14-16-28)21(29)8-7-20-25-22(26-31-20)18-9-11-24-12-10-18/h3-6,9-12H,2,7-8,13-16H2,1H3. The van der Waals surface area contributed by atoms with Gasteiger partial charge in [0.2, 0.25) is 17.6 Å². The molecule has 0 saturated carbocycles. The number of piperazine rings is 1. The Kier molecular flexibility index (Phi) is 6.35. The van der Waals surface area contributed by atoms with Crippen LogP contribution in [0.4, 0.5) is 0 Å². The molecule has 1 aliphatic heterocycles. The van der Waals surface area contributed by atoms with Gasteiger partial charge in [-0.1, -0.05) is 24.2 Å².